The first-order valence-electron chi connectivity index (χ1n) is 6.67. The fraction of sp³-hybridized carbons (Fsp3) is 0.286. The maximum Gasteiger partial charge on any atom is 0.240 e. The number of nitrogens with one attached hydrogen (secondary N) is 1. The highest BCUT2D eigenvalue weighted by Gasteiger charge is 2.28. The van der Waals surface area contributed by atoms with Crippen molar-refractivity contribution >= 4 is 15.8 Å². The van der Waals surface area contributed by atoms with E-state index in [4.69, 9.17) is 5.73 Å². The van der Waals surface area contributed by atoms with Crippen LogP contribution in [0, 0.1) is 6.92 Å². The Morgan fingerprint density at radius 1 is 1.33 bits per heavy atom. The highest BCUT2D eigenvalue weighted by molar-refractivity contribution is 7.89. The summed E-state index contributed by atoms with van der Waals surface area (Å²) in [5.74, 6) is 0.373. The van der Waals surface area contributed by atoms with Crippen molar-refractivity contribution in [3.05, 3.63) is 36.2 Å². The highest BCUT2D eigenvalue weighted by Crippen LogP contribution is 2.25. The van der Waals surface area contributed by atoms with Gasteiger partial charge in [0.15, 0.2) is 0 Å². The molecule has 7 heteroatoms. The van der Waals surface area contributed by atoms with E-state index in [1.54, 1.807) is 37.4 Å². The Bertz CT molecular complexity index is 785. The van der Waals surface area contributed by atoms with Crippen molar-refractivity contribution in [2.24, 2.45) is 0 Å². The molecule has 1 aliphatic rings. The molecule has 0 unspecified atom stereocenters. The lowest BCUT2D eigenvalue weighted by molar-refractivity contribution is 0.581. The van der Waals surface area contributed by atoms with Crippen LogP contribution < -0.4 is 10.5 Å². The fourth-order valence-electron chi connectivity index (χ4n) is 1.94. The average Bonchev–Trinajstić information content (AvgIpc) is 3.25. The molecule has 1 aromatic heterocycles. The van der Waals surface area contributed by atoms with Crippen LogP contribution in [-0.2, 0) is 10.0 Å². The van der Waals surface area contributed by atoms with Gasteiger partial charge in [0.2, 0.25) is 10.0 Å². The minimum Gasteiger partial charge on any atom is -0.382 e. The first-order valence-corrected chi connectivity index (χ1v) is 8.16. The average molecular weight is 304 g/mol. The quantitative estimate of drug-likeness (QED) is 0.891. The van der Waals surface area contributed by atoms with Crippen LogP contribution in [0.2, 0.25) is 0 Å². The van der Waals surface area contributed by atoms with E-state index >= 15 is 0 Å². The Morgan fingerprint density at radius 2 is 2.10 bits per heavy atom. The van der Waals surface area contributed by atoms with Gasteiger partial charge in [-0.3, -0.25) is 0 Å². The molecule has 0 amide bonds. The zero-order valence-corrected chi connectivity index (χ0v) is 12.4. The molecule has 6 nitrogen and oxygen atoms in total. The molecule has 1 aromatic carbocycles. The Kier molecular flexibility index (Phi) is 3.38. The minimum absolute atomic E-state index is 0.0808. The minimum atomic E-state index is -3.47. The summed E-state index contributed by atoms with van der Waals surface area (Å²) in [5, 5.41) is 0. The monoisotopic (exact) mass is 304 g/mol. The van der Waals surface area contributed by atoms with Crippen LogP contribution in [0.4, 0.5) is 5.82 Å². The largest absolute Gasteiger partial charge is 0.382 e. The second kappa shape index (κ2) is 5.09. The van der Waals surface area contributed by atoms with Crippen LogP contribution >= 0.6 is 0 Å². The van der Waals surface area contributed by atoms with Crippen molar-refractivity contribution in [3.8, 4) is 11.3 Å². The molecule has 0 aliphatic heterocycles. The smallest absolute Gasteiger partial charge is 0.240 e. The number of hydrogen-bond acceptors (Lipinski definition) is 5. The third-order valence-corrected chi connectivity index (χ3v) is 4.84. The molecule has 21 heavy (non-hydrogen) atoms. The molecule has 1 fully saturated rings. The zero-order valence-electron chi connectivity index (χ0n) is 11.6. The summed E-state index contributed by atoms with van der Waals surface area (Å²) in [4.78, 5) is 8.63. The summed E-state index contributed by atoms with van der Waals surface area (Å²) in [5.41, 5.74) is 7.57. The van der Waals surface area contributed by atoms with Crippen molar-refractivity contribution in [2.45, 2.75) is 30.7 Å². The van der Waals surface area contributed by atoms with Crippen LogP contribution in [0.1, 0.15) is 18.5 Å². The summed E-state index contributed by atoms with van der Waals surface area (Å²) < 4.78 is 27.1. The predicted molar refractivity (Wildman–Crippen MR) is 80.0 cm³/mol. The van der Waals surface area contributed by atoms with Crippen LogP contribution in [-0.4, -0.2) is 24.4 Å². The van der Waals surface area contributed by atoms with Crippen LogP contribution in [0.5, 0.6) is 0 Å². The number of nitrogens with zero attached hydrogens (tertiary/aromatic N) is 2. The van der Waals surface area contributed by atoms with Gasteiger partial charge >= 0.3 is 0 Å². The van der Waals surface area contributed by atoms with Gasteiger partial charge in [0, 0.05) is 11.6 Å². The molecule has 0 bridgehead atoms. The zero-order chi connectivity index (χ0) is 15.0. The van der Waals surface area contributed by atoms with E-state index in [1.807, 2.05) is 0 Å². The molecule has 3 rings (SSSR count). The molecule has 1 aliphatic carbocycles. The standard InChI is InChI=1S/C14H16N4O2S/c1-9-14(15)16-8-13(17-9)10-3-2-4-12(7-10)21(19,20)18-11-5-6-11/h2-4,7-8,11,18H,5-6H2,1H3,(H2,15,16). The number of benzene rings is 1. The van der Waals surface area contributed by atoms with Crippen LogP contribution in [0.15, 0.2) is 35.4 Å². The Morgan fingerprint density at radius 3 is 2.76 bits per heavy atom. The van der Waals surface area contributed by atoms with Crippen molar-refractivity contribution in [2.75, 3.05) is 5.73 Å². The van der Waals surface area contributed by atoms with Gasteiger partial charge in [-0.15, -0.1) is 0 Å². The highest BCUT2D eigenvalue weighted by atomic mass is 32.2. The van der Waals surface area contributed by atoms with Crippen molar-refractivity contribution < 1.29 is 8.42 Å². The normalized spacial score (nSPS) is 15.1. The third-order valence-electron chi connectivity index (χ3n) is 3.32. The molecule has 0 atom stereocenters. The molecular formula is C14H16N4O2S. The number of rotatable bonds is 4. The summed E-state index contributed by atoms with van der Waals surface area (Å²) in [7, 11) is -3.47. The lowest BCUT2D eigenvalue weighted by Gasteiger charge is -2.08. The molecule has 0 radical (unpaired) electrons. The maximum absolute atomic E-state index is 12.2. The van der Waals surface area contributed by atoms with Crippen LogP contribution in [0.25, 0.3) is 11.3 Å². The number of nitrogen functional groups attached to an aromatic ring is 1. The van der Waals surface area contributed by atoms with Gasteiger partial charge in [-0.2, -0.15) is 0 Å². The first-order chi connectivity index (χ1) is 9.95. The van der Waals surface area contributed by atoms with E-state index in [9.17, 15) is 8.42 Å². The first kappa shape index (κ1) is 14.0. The Hall–Kier alpha value is -1.99. The molecule has 3 N–H and O–H groups in total. The molecule has 110 valence electrons. The Labute approximate surface area is 123 Å². The Balaban J connectivity index is 1.97. The number of hydrogen-bond donors (Lipinski definition) is 2. The van der Waals surface area contributed by atoms with E-state index in [2.05, 4.69) is 14.7 Å². The molecule has 0 spiro atoms. The number of sulfonamides is 1. The van der Waals surface area contributed by atoms with E-state index < -0.39 is 10.0 Å². The van der Waals surface area contributed by atoms with Gasteiger partial charge in [0.1, 0.15) is 5.82 Å². The number of anilines is 1. The van der Waals surface area contributed by atoms with E-state index in [0.717, 1.165) is 12.8 Å². The number of aryl methyl sites for hydroxylation is 1. The summed E-state index contributed by atoms with van der Waals surface area (Å²) in [6.07, 6.45) is 3.35. The second-order valence-corrected chi connectivity index (χ2v) is 6.86. The van der Waals surface area contributed by atoms with Gasteiger partial charge in [0.25, 0.3) is 0 Å². The predicted octanol–water partition coefficient (Wildman–Crippen LogP) is 1.47. The lowest BCUT2D eigenvalue weighted by atomic mass is 10.1. The molecular weight excluding hydrogens is 288 g/mol. The summed E-state index contributed by atoms with van der Waals surface area (Å²) in [6.45, 7) is 1.76. The van der Waals surface area contributed by atoms with Crippen molar-refractivity contribution in [1.82, 2.24) is 14.7 Å². The topological polar surface area (TPSA) is 98.0 Å². The fourth-order valence-corrected chi connectivity index (χ4v) is 3.29. The molecule has 1 saturated carbocycles. The van der Waals surface area contributed by atoms with Crippen molar-refractivity contribution in [3.63, 3.8) is 0 Å². The van der Waals surface area contributed by atoms with E-state index in [1.165, 1.54) is 0 Å². The third kappa shape index (κ3) is 3.03. The van der Waals surface area contributed by atoms with Crippen molar-refractivity contribution in [1.29, 1.82) is 0 Å². The number of aromatic nitrogens is 2. The summed E-state index contributed by atoms with van der Waals surface area (Å²) >= 11 is 0. The lowest BCUT2D eigenvalue weighted by Crippen LogP contribution is -2.25. The van der Waals surface area contributed by atoms with Crippen LogP contribution in [0.3, 0.4) is 0 Å². The van der Waals surface area contributed by atoms with E-state index in [0.29, 0.717) is 22.8 Å². The van der Waals surface area contributed by atoms with Gasteiger partial charge in [-0.05, 0) is 31.9 Å². The van der Waals surface area contributed by atoms with Gasteiger partial charge in [0.05, 0.1) is 22.5 Å². The molecule has 2 aromatic rings. The SMILES string of the molecule is Cc1nc(-c2cccc(S(=O)(=O)NC3CC3)c2)cnc1N. The van der Waals surface area contributed by atoms with Gasteiger partial charge < -0.3 is 5.73 Å². The second-order valence-electron chi connectivity index (χ2n) is 5.15. The molecule has 1 heterocycles. The van der Waals surface area contributed by atoms with Gasteiger partial charge in [-0.1, -0.05) is 12.1 Å². The maximum atomic E-state index is 12.2. The summed E-state index contributed by atoms with van der Waals surface area (Å²) in [6, 6.07) is 6.76. The number of nitrogens with two attached hydrogens (primary N) is 1. The molecule has 0 saturated heterocycles. The van der Waals surface area contributed by atoms with E-state index in [-0.39, 0.29) is 10.9 Å². The van der Waals surface area contributed by atoms with Gasteiger partial charge in [-0.25, -0.2) is 23.1 Å².